The maximum atomic E-state index is 11.9. The summed E-state index contributed by atoms with van der Waals surface area (Å²) in [5.74, 6) is 0.897. The number of carbonyl (C=O) groups excluding carboxylic acids is 1. The molecule has 1 N–H and O–H groups in total. The summed E-state index contributed by atoms with van der Waals surface area (Å²) in [5.41, 5.74) is 0.697. The zero-order valence-corrected chi connectivity index (χ0v) is 16.7. The predicted octanol–water partition coefficient (Wildman–Crippen LogP) is 4.74. The van der Waals surface area contributed by atoms with Gasteiger partial charge in [0.25, 0.3) is 0 Å². The van der Waals surface area contributed by atoms with E-state index in [1.807, 2.05) is 32.9 Å². The van der Waals surface area contributed by atoms with Crippen LogP contribution in [0.1, 0.15) is 46.1 Å². The summed E-state index contributed by atoms with van der Waals surface area (Å²) >= 11 is 2.28. The molecule has 0 spiro atoms. The summed E-state index contributed by atoms with van der Waals surface area (Å²) in [6.45, 7) is 8.50. The van der Waals surface area contributed by atoms with Crippen molar-refractivity contribution in [2.24, 2.45) is 0 Å². The van der Waals surface area contributed by atoms with Gasteiger partial charge in [-0.05, 0) is 51.3 Å². The number of alkyl carbamates (subject to hydrolysis) is 1. The second kappa shape index (κ2) is 10.0. The molecule has 0 aromatic heterocycles. The summed E-state index contributed by atoms with van der Waals surface area (Å²) in [6, 6.07) is 8.14. The van der Waals surface area contributed by atoms with E-state index >= 15 is 0 Å². The molecule has 0 aliphatic carbocycles. The quantitative estimate of drug-likeness (QED) is 0.366. The maximum Gasteiger partial charge on any atom is 0.407 e. The number of nitrogens with one attached hydrogen (secondary N) is 1. The van der Waals surface area contributed by atoms with Gasteiger partial charge in [-0.1, -0.05) is 48.1 Å². The van der Waals surface area contributed by atoms with Gasteiger partial charge in [-0.2, -0.15) is 0 Å². The van der Waals surface area contributed by atoms with E-state index in [9.17, 15) is 4.79 Å². The highest BCUT2D eigenvalue weighted by Crippen LogP contribution is 2.15. The Morgan fingerprint density at radius 3 is 2.43 bits per heavy atom. The van der Waals surface area contributed by atoms with Gasteiger partial charge in [0.15, 0.2) is 0 Å². The summed E-state index contributed by atoms with van der Waals surface area (Å²) in [6.07, 6.45) is 2.61. The Labute approximate surface area is 153 Å². The first-order valence-electron chi connectivity index (χ1n) is 8.11. The molecule has 4 nitrogen and oxygen atoms in total. The fourth-order valence-electron chi connectivity index (χ4n) is 1.96. The minimum atomic E-state index is -0.475. The number of halogens is 1. The van der Waals surface area contributed by atoms with E-state index in [1.54, 1.807) is 0 Å². The van der Waals surface area contributed by atoms with Crippen LogP contribution in [-0.4, -0.2) is 28.8 Å². The number of hydrogen-bond acceptors (Lipinski definition) is 3. The van der Waals surface area contributed by atoms with Crippen molar-refractivity contribution >= 4 is 28.7 Å². The molecule has 1 rings (SSSR count). The normalized spacial score (nSPS) is 12.6. The molecular formula is C18H28INO3. The lowest BCUT2D eigenvalue weighted by Gasteiger charge is -2.23. The van der Waals surface area contributed by atoms with E-state index < -0.39 is 5.60 Å². The summed E-state index contributed by atoms with van der Waals surface area (Å²) in [7, 11) is 0. The number of ether oxygens (including phenoxy) is 2. The van der Waals surface area contributed by atoms with E-state index in [1.165, 1.54) is 5.56 Å². The molecule has 0 unspecified atom stereocenters. The Balaban J connectivity index is 2.50. The van der Waals surface area contributed by atoms with Gasteiger partial charge in [0.2, 0.25) is 0 Å². The van der Waals surface area contributed by atoms with E-state index in [4.69, 9.17) is 9.47 Å². The Kier molecular flexibility index (Phi) is 8.73. The highest BCUT2D eigenvalue weighted by molar-refractivity contribution is 14.1. The van der Waals surface area contributed by atoms with Crippen LogP contribution in [-0.2, 0) is 11.2 Å². The van der Waals surface area contributed by atoms with Gasteiger partial charge >= 0.3 is 6.09 Å². The molecule has 0 saturated carbocycles. The third-order valence-corrected chi connectivity index (χ3v) is 4.14. The number of benzene rings is 1. The van der Waals surface area contributed by atoms with Crippen LogP contribution in [0.25, 0.3) is 0 Å². The first kappa shape index (κ1) is 20.1. The van der Waals surface area contributed by atoms with Gasteiger partial charge in [0.1, 0.15) is 11.4 Å². The van der Waals surface area contributed by atoms with E-state index in [0.717, 1.165) is 36.0 Å². The topological polar surface area (TPSA) is 47.6 Å². The minimum absolute atomic E-state index is 0.0531. The number of carbonyl (C=O) groups is 1. The molecule has 1 amide bonds. The minimum Gasteiger partial charge on any atom is -0.494 e. The molecule has 0 radical (unpaired) electrons. The number of amides is 1. The van der Waals surface area contributed by atoms with Crippen molar-refractivity contribution < 1.29 is 14.3 Å². The van der Waals surface area contributed by atoms with Gasteiger partial charge in [0, 0.05) is 10.5 Å². The van der Waals surface area contributed by atoms with Crippen LogP contribution in [0.4, 0.5) is 4.79 Å². The summed E-state index contributed by atoms with van der Waals surface area (Å²) in [4.78, 5) is 11.9. The molecule has 0 aliphatic heterocycles. The molecular weight excluding hydrogens is 405 g/mol. The molecule has 23 heavy (non-hydrogen) atoms. The molecule has 0 aliphatic rings. The highest BCUT2D eigenvalue weighted by atomic mass is 127. The Hall–Kier alpha value is -0.980. The molecule has 0 heterocycles. The van der Waals surface area contributed by atoms with E-state index in [2.05, 4.69) is 47.0 Å². The smallest absolute Gasteiger partial charge is 0.407 e. The van der Waals surface area contributed by atoms with Crippen molar-refractivity contribution in [3.8, 4) is 5.75 Å². The van der Waals surface area contributed by atoms with Crippen LogP contribution in [0.5, 0.6) is 5.75 Å². The van der Waals surface area contributed by atoms with Crippen molar-refractivity contribution in [3.63, 3.8) is 0 Å². The standard InChI is InChI=1S/C18H28INO3/c1-5-6-11-22-16-9-7-14(8-10-16)12-15(13-19)20-17(21)23-18(2,3)4/h7-10,15H,5-6,11-13H2,1-4H3,(H,20,21)/t15-/m0/s1. The lowest BCUT2D eigenvalue weighted by Crippen LogP contribution is -2.41. The fraction of sp³-hybridized carbons (Fsp3) is 0.611. The number of rotatable bonds is 8. The lowest BCUT2D eigenvalue weighted by atomic mass is 10.1. The van der Waals surface area contributed by atoms with E-state index in [-0.39, 0.29) is 12.1 Å². The van der Waals surface area contributed by atoms with Gasteiger partial charge in [-0.3, -0.25) is 0 Å². The Bertz CT molecular complexity index is 468. The third kappa shape index (κ3) is 9.03. The maximum absolute atomic E-state index is 11.9. The fourth-order valence-corrected chi connectivity index (χ4v) is 2.49. The largest absolute Gasteiger partial charge is 0.494 e. The summed E-state index contributed by atoms with van der Waals surface area (Å²) in [5, 5.41) is 2.93. The summed E-state index contributed by atoms with van der Waals surface area (Å²) < 4.78 is 11.8. The average molecular weight is 433 g/mol. The Morgan fingerprint density at radius 2 is 1.91 bits per heavy atom. The molecule has 0 bridgehead atoms. The zero-order chi connectivity index (χ0) is 17.3. The van der Waals surface area contributed by atoms with Crippen molar-refractivity contribution in [3.05, 3.63) is 29.8 Å². The SMILES string of the molecule is CCCCOc1ccc(C[C@@H](CI)NC(=O)OC(C)(C)C)cc1. The first-order chi connectivity index (χ1) is 10.8. The van der Waals surface area contributed by atoms with Crippen LogP contribution in [0.15, 0.2) is 24.3 Å². The van der Waals surface area contributed by atoms with Crippen molar-refractivity contribution in [1.29, 1.82) is 0 Å². The third-order valence-electron chi connectivity index (χ3n) is 3.08. The van der Waals surface area contributed by atoms with Gasteiger partial charge in [0.05, 0.1) is 6.61 Å². The number of alkyl halides is 1. The molecule has 1 aromatic rings. The number of unbranched alkanes of at least 4 members (excludes halogenated alkanes) is 1. The molecule has 1 aromatic carbocycles. The molecule has 0 saturated heterocycles. The highest BCUT2D eigenvalue weighted by Gasteiger charge is 2.19. The Morgan fingerprint density at radius 1 is 1.26 bits per heavy atom. The zero-order valence-electron chi connectivity index (χ0n) is 14.5. The van der Waals surface area contributed by atoms with Crippen LogP contribution in [0.3, 0.4) is 0 Å². The van der Waals surface area contributed by atoms with Crippen LogP contribution >= 0.6 is 22.6 Å². The van der Waals surface area contributed by atoms with Crippen molar-refractivity contribution in [2.75, 3.05) is 11.0 Å². The van der Waals surface area contributed by atoms with Crippen molar-refractivity contribution in [2.45, 2.75) is 58.6 Å². The predicted molar refractivity (Wildman–Crippen MR) is 103 cm³/mol. The average Bonchev–Trinajstić information content (AvgIpc) is 2.46. The van der Waals surface area contributed by atoms with Gasteiger partial charge < -0.3 is 14.8 Å². The van der Waals surface area contributed by atoms with E-state index in [0.29, 0.717) is 0 Å². The molecule has 5 heteroatoms. The van der Waals surface area contributed by atoms with Crippen LogP contribution in [0.2, 0.25) is 0 Å². The van der Waals surface area contributed by atoms with Gasteiger partial charge in [-0.15, -0.1) is 0 Å². The first-order valence-corrected chi connectivity index (χ1v) is 9.64. The molecule has 0 fully saturated rings. The van der Waals surface area contributed by atoms with Crippen LogP contribution in [0, 0.1) is 0 Å². The number of hydrogen-bond donors (Lipinski definition) is 1. The second-order valence-electron chi connectivity index (χ2n) is 6.55. The second-order valence-corrected chi connectivity index (χ2v) is 7.43. The monoisotopic (exact) mass is 433 g/mol. The van der Waals surface area contributed by atoms with Gasteiger partial charge in [-0.25, -0.2) is 4.79 Å². The lowest BCUT2D eigenvalue weighted by molar-refractivity contribution is 0.0510. The van der Waals surface area contributed by atoms with Crippen molar-refractivity contribution in [1.82, 2.24) is 5.32 Å². The molecule has 130 valence electrons. The van der Waals surface area contributed by atoms with Crippen LogP contribution < -0.4 is 10.1 Å². The molecule has 1 atom stereocenters.